The van der Waals surface area contributed by atoms with Crippen molar-refractivity contribution in [2.45, 2.75) is 51.7 Å². The molecule has 0 aliphatic carbocycles. The smallest absolute Gasteiger partial charge is 0.128 e. The Hall–Kier alpha value is -0.450. The van der Waals surface area contributed by atoms with Crippen LogP contribution in [0, 0.1) is 5.82 Å². The van der Waals surface area contributed by atoms with Crippen LogP contribution in [0.25, 0.3) is 0 Å². The van der Waals surface area contributed by atoms with Crippen LogP contribution in [0.2, 0.25) is 0 Å². The molecule has 20 heavy (non-hydrogen) atoms. The number of piperidine rings is 1. The predicted molar refractivity (Wildman–Crippen MR) is 85.3 cm³/mol. The zero-order chi connectivity index (χ0) is 14.5. The SMILES string of the molecule is CC(C)N(Cc1ccc(Br)cc1F)CC1CCCCN1. The first-order valence-corrected chi connectivity index (χ1v) is 8.27. The van der Waals surface area contributed by atoms with E-state index in [0.717, 1.165) is 23.1 Å². The fraction of sp³-hybridized carbons (Fsp3) is 0.625. The van der Waals surface area contributed by atoms with Gasteiger partial charge in [0.1, 0.15) is 5.82 Å². The summed E-state index contributed by atoms with van der Waals surface area (Å²) in [4.78, 5) is 2.36. The van der Waals surface area contributed by atoms with Gasteiger partial charge in [0, 0.05) is 35.2 Å². The van der Waals surface area contributed by atoms with Crippen LogP contribution in [0.4, 0.5) is 4.39 Å². The Morgan fingerprint density at radius 1 is 1.40 bits per heavy atom. The summed E-state index contributed by atoms with van der Waals surface area (Å²) in [6.07, 6.45) is 3.81. The second-order valence-electron chi connectivity index (χ2n) is 5.91. The average Bonchev–Trinajstić information content (AvgIpc) is 2.42. The number of halogens is 2. The number of benzene rings is 1. The molecule has 2 nitrogen and oxygen atoms in total. The molecule has 4 heteroatoms. The normalized spacial score (nSPS) is 19.8. The van der Waals surface area contributed by atoms with Gasteiger partial charge in [-0.3, -0.25) is 4.90 Å². The number of nitrogens with one attached hydrogen (secondary N) is 1. The van der Waals surface area contributed by atoms with Gasteiger partial charge in [-0.2, -0.15) is 0 Å². The number of hydrogen-bond acceptors (Lipinski definition) is 2. The second kappa shape index (κ2) is 7.53. The van der Waals surface area contributed by atoms with Crippen molar-refractivity contribution in [2.75, 3.05) is 13.1 Å². The van der Waals surface area contributed by atoms with Crippen LogP contribution in [-0.2, 0) is 6.54 Å². The molecule has 1 fully saturated rings. The standard InChI is InChI=1S/C16H24BrFN2/c1-12(2)20(11-15-5-3-4-8-19-15)10-13-6-7-14(17)9-16(13)18/h6-7,9,12,15,19H,3-5,8,10-11H2,1-2H3. The van der Waals surface area contributed by atoms with Gasteiger partial charge in [-0.05, 0) is 45.4 Å². The van der Waals surface area contributed by atoms with E-state index in [1.165, 1.54) is 19.3 Å². The Bertz CT molecular complexity index is 430. The summed E-state index contributed by atoms with van der Waals surface area (Å²) in [6.45, 7) is 7.14. The van der Waals surface area contributed by atoms with Crippen molar-refractivity contribution < 1.29 is 4.39 Å². The summed E-state index contributed by atoms with van der Waals surface area (Å²) < 4.78 is 14.8. The maximum atomic E-state index is 14.0. The molecule has 1 aromatic carbocycles. The zero-order valence-corrected chi connectivity index (χ0v) is 13.9. The molecule has 0 aromatic heterocycles. The summed E-state index contributed by atoms with van der Waals surface area (Å²) >= 11 is 3.31. The Morgan fingerprint density at radius 3 is 2.80 bits per heavy atom. The Labute approximate surface area is 129 Å². The van der Waals surface area contributed by atoms with Crippen LogP contribution in [0.3, 0.4) is 0 Å². The lowest BCUT2D eigenvalue weighted by Crippen LogP contribution is -2.45. The molecule has 0 bridgehead atoms. The lowest BCUT2D eigenvalue weighted by Gasteiger charge is -2.33. The first kappa shape index (κ1) is 15.9. The van der Waals surface area contributed by atoms with Crippen molar-refractivity contribution in [2.24, 2.45) is 0 Å². The zero-order valence-electron chi connectivity index (χ0n) is 12.3. The molecule has 1 aliphatic rings. The first-order chi connectivity index (χ1) is 9.56. The van der Waals surface area contributed by atoms with Gasteiger partial charge >= 0.3 is 0 Å². The van der Waals surface area contributed by atoms with E-state index in [9.17, 15) is 4.39 Å². The van der Waals surface area contributed by atoms with E-state index < -0.39 is 0 Å². The van der Waals surface area contributed by atoms with E-state index in [-0.39, 0.29) is 5.82 Å². The fourth-order valence-electron chi connectivity index (χ4n) is 2.69. The maximum Gasteiger partial charge on any atom is 0.128 e. The van der Waals surface area contributed by atoms with Gasteiger partial charge in [0.15, 0.2) is 0 Å². The molecule has 0 spiro atoms. The highest BCUT2D eigenvalue weighted by Gasteiger charge is 2.19. The quantitative estimate of drug-likeness (QED) is 0.871. The molecule has 112 valence electrons. The van der Waals surface area contributed by atoms with Gasteiger partial charge in [0.2, 0.25) is 0 Å². The van der Waals surface area contributed by atoms with Crippen LogP contribution in [-0.4, -0.2) is 30.1 Å². The molecule has 1 heterocycles. The highest BCUT2D eigenvalue weighted by atomic mass is 79.9. The minimum Gasteiger partial charge on any atom is -0.313 e. The molecule has 1 unspecified atom stereocenters. The molecule has 1 aliphatic heterocycles. The Kier molecular flexibility index (Phi) is 6.00. The van der Waals surface area contributed by atoms with E-state index >= 15 is 0 Å². The molecule has 1 N–H and O–H groups in total. The lowest BCUT2D eigenvalue weighted by molar-refractivity contribution is 0.175. The Morgan fingerprint density at radius 2 is 2.20 bits per heavy atom. The lowest BCUT2D eigenvalue weighted by atomic mass is 10.0. The molecule has 0 saturated carbocycles. The molecular weight excluding hydrogens is 319 g/mol. The monoisotopic (exact) mass is 342 g/mol. The van der Waals surface area contributed by atoms with Gasteiger partial charge in [-0.15, -0.1) is 0 Å². The molecule has 1 saturated heterocycles. The van der Waals surface area contributed by atoms with E-state index in [4.69, 9.17) is 0 Å². The molecule has 0 amide bonds. The minimum atomic E-state index is -0.123. The van der Waals surface area contributed by atoms with Crippen molar-refractivity contribution >= 4 is 15.9 Å². The highest BCUT2D eigenvalue weighted by Crippen LogP contribution is 2.19. The van der Waals surface area contributed by atoms with Gasteiger partial charge < -0.3 is 5.32 Å². The van der Waals surface area contributed by atoms with E-state index in [2.05, 4.69) is 40.0 Å². The molecule has 1 aromatic rings. The van der Waals surface area contributed by atoms with E-state index in [0.29, 0.717) is 18.6 Å². The summed E-state index contributed by atoms with van der Waals surface area (Å²) in [5.74, 6) is -0.123. The maximum absolute atomic E-state index is 14.0. The fourth-order valence-corrected chi connectivity index (χ4v) is 3.02. The van der Waals surface area contributed by atoms with E-state index in [1.54, 1.807) is 6.07 Å². The van der Waals surface area contributed by atoms with Crippen LogP contribution < -0.4 is 5.32 Å². The third-order valence-corrected chi connectivity index (χ3v) is 4.48. The highest BCUT2D eigenvalue weighted by molar-refractivity contribution is 9.10. The van der Waals surface area contributed by atoms with Crippen molar-refractivity contribution in [1.82, 2.24) is 10.2 Å². The summed E-state index contributed by atoms with van der Waals surface area (Å²) in [6, 6.07) is 6.30. The average molecular weight is 343 g/mol. The number of rotatable bonds is 5. The second-order valence-corrected chi connectivity index (χ2v) is 6.82. The first-order valence-electron chi connectivity index (χ1n) is 7.47. The van der Waals surface area contributed by atoms with Gasteiger partial charge in [-0.25, -0.2) is 4.39 Å². The number of nitrogens with zero attached hydrogens (tertiary/aromatic N) is 1. The van der Waals surface area contributed by atoms with Gasteiger partial charge in [-0.1, -0.05) is 28.4 Å². The van der Waals surface area contributed by atoms with Crippen LogP contribution in [0.5, 0.6) is 0 Å². The molecule has 1 atom stereocenters. The van der Waals surface area contributed by atoms with Gasteiger partial charge in [0.25, 0.3) is 0 Å². The predicted octanol–water partition coefficient (Wildman–Crippen LogP) is 3.94. The van der Waals surface area contributed by atoms with Crippen molar-refractivity contribution in [3.05, 3.63) is 34.1 Å². The topological polar surface area (TPSA) is 15.3 Å². The van der Waals surface area contributed by atoms with Crippen molar-refractivity contribution in [3.8, 4) is 0 Å². The molecule has 0 radical (unpaired) electrons. The van der Waals surface area contributed by atoms with Crippen molar-refractivity contribution in [3.63, 3.8) is 0 Å². The third kappa shape index (κ3) is 4.54. The van der Waals surface area contributed by atoms with Crippen LogP contribution >= 0.6 is 15.9 Å². The van der Waals surface area contributed by atoms with Crippen molar-refractivity contribution in [1.29, 1.82) is 0 Å². The number of hydrogen-bond donors (Lipinski definition) is 1. The minimum absolute atomic E-state index is 0.123. The van der Waals surface area contributed by atoms with Crippen LogP contribution in [0.1, 0.15) is 38.7 Å². The van der Waals surface area contributed by atoms with Gasteiger partial charge in [0.05, 0.1) is 0 Å². The largest absolute Gasteiger partial charge is 0.313 e. The molecule has 2 rings (SSSR count). The molecular formula is C16H24BrFN2. The van der Waals surface area contributed by atoms with E-state index in [1.807, 2.05) is 12.1 Å². The summed E-state index contributed by atoms with van der Waals surface area (Å²) in [7, 11) is 0. The summed E-state index contributed by atoms with van der Waals surface area (Å²) in [5.41, 5.74) is 0.776. The Balaban J connectivity index is 2.01. The summed E-state index contributed by atoms with van der Waals surface area (Å²) in [5, 5.41) is 3.57. The van der Waals surface area contributed by atoms with Crippen LogP contribution in [0.15, 0.2) is 22.7 Å². The third-order valence-electron chi connectivity index (χ3n) is 3.99.